The van der Waals surface area contributed by atoms with Crippen LogP contribution in [0.3, 0.4) is 0 Å². The minimum Gasteiger partial charge on any atom is -0.474 e. The number of carbonyl (C=O) groups excluding carboxylic acids is 1. The zero-order valence-electron chi connectivity index (χ0n) is 11.6. The van der Waals surface area contributed by atoms with Gasteiger partial charge in [0.05, 0.1) is 5.00 Å². The molecule has 1 aliphatic rings. The molecular formula is C15H17N3O2S. The van der Waals surface area contributed by atoms with Crippen LogP contribution < -0.4 is 10.1 Å². The minimum absolute atomic E-state index is 0.0336. The Labute approximate surface area is 127 Å². The Hall–Kier alpha value is -2.08. The van der Waals surface area contributed by atoms with E-state index in [1.54, 1.807) is 6.20 Å². The standard InChI is InChI=1S/C15H17N3O2S/c19-15(17-14-5-3-11-21-14)18-9-6-12(7-10-18)20-13-4-1-2-8-16-13/h1-5,8,11-12H,6-7,9-10H2,(H,17,19). The van der Waals surface area contributed by atoms with E-state index in [1.807, 2.05) is 40.6 Å². The monoisotopic (exact) mass is 303 g/mol. The summed E-state index contributed by atoms with van der Waals surface area (Å²) in [6, 6.07) is 9.42. The number of nitrogens with one attached hydrogen (secondary N) is 1. The zero-order valence-corrected chi connectivity index (χ0v) is 12.4. The lowest BCUT2D eigenvalue weighted by Gasteiger charge is -2.31. The second-order valence-corrected chi connectivity index (χ2v) is 5.83. The van der Waals surface area contributed by atoms with Gasteiger partial charge in [-0.3, -0.25) is 5.32 Å². The summed E-state index contributed by atoms with van der Waals surface area (Å²) in [5.41, 5.74) is 0. The first-order valence-corrected chi connectivity index (χ1v) is 7.86. The maximum absolute atomic E-state index is 12.1. The molecule has 1 N–H and O–H groups in total. The molecule has 0 aromatic carbocycles. The molecule has 0 spiro atoms. The van der Waals surface area contributed by atoms with Crippen molar-refractivity contribution in [3.8, 4) is 5.88 Å². The highest BCUT2D eigenvalue weighted by Crippen LogP contribution is 2.19. The second kappa shape index (κ2) is 6.58. The Morgan fingerprint density at radius 1 is 1.29 bits per heavy atom. The average Bonchev–Trinajstić information content (AvgIpc) is 3.02. The van der Waals surface area contributed by atoms with Gasteiger partial charge in [-0.05, 0) is 23.6 Å². The summed E-state index contributed by atoms with van der Waals surface area (Å²) in [7, 11) is 0. The number of hydrogen-bond donors (Lipinski definition) is 1. The predicted octanol–water partition coefficient (Wildman–Crippen LogP) is 3.22. The molecule has 2 aromatic heterocycles. The van der Waals surface area contributed by atoms with Gasteiger partial charge in [-0.25, -0.2) is 9.78 Å². The van der Waals surface area contributed by atoms with Crippen LogP contribution in [-0.2, 0) is 0 Å². The molecule has 0 aliphatic carbocycles. The van der Waals surface area contributed by atoms with Gasteiger partial charge in [-0.1, -0.05) is 6.07 Å². The van der Waals surface area contributed by atoms with Gasteiger partial charge in [-0.2, -0.15) is 0 Å². The smallest absolute Gasteiger partial charge is 0.322 e. The number of carbonyl (C=O) groups is 1. The van der Waals surface area contributed by atoms with E-state index in [-0.39, 0.29) is 12.1 Å². The van der Waals surface area contributed by atoms with Crippen molar-refractivity contribution in [1.29, 1.82) is 0 Å². The van der Waals surface area contributed by atoms with Gasteiger partial charge in [0.2, 0.25) is 5.88 Å². The number of likely N-dealkylation sites (tertiary alicyclic amines) is 1. The van der Waals surface area contributed by atoms with Crippen LogP contribution in [0, 0.1) is 0 Å². The number of anilines is 1. The largest absolute Gasteiger partial charge is 0.474 e. The molecule has 3 rings (SSSR count). The van der Waals surface area contributed by atoms with Gasteiger partial charge in [0.1, 0.15) is 6.10 Å². The molecule has 1 fully saturated rings. The number of ether oxygens (including phenoxy) is 1. The highest BCUT2D eigenvalue weighted by molar-refractivity contribution is 7.14. The quantitative estimate of drug-likeness (QED) is 0.947. The fraction of sp³-hybridized carbons (Fsp3) is 0.333. The van der Waals surface area contributed by atoms with E-state index in [0.717, 1.165) is 17.8 Å². The van der Waals surface area contributed by atoms with Crippen LogP contribution in [0.15, 0.2) is 41.9 Å². The molecule has 2 aromatic rings. The van der Waals surface area contributed by atoms with Gasteiger partial charge in [0, 0.05) is 38.2 Å². The van der Waals surface area contributed by atoms with E-state index in [0.29, 0.717) is 19.0 Å². The number of hydrogen-bond acceptors (Lipinski definition) is 4. The summed E-state index contributed by atoms with van der Waals surface area (Å²) >= 11 is 1.53. The Morgan fingerprint density at radius 3 is 2.81 bits per heavy atom. The van der Waals surface area contributed by atoms with Crippen LogP contribution in [-0.4, -0.2) is 35.1 Å². The maximum Gasteiger partial charge on any atom is 0.322 e. The number of piperidine rings is 1. The number of aromatic nitrogens is 1. The maximum atomic E-state index is 12.1. The van der Waals surface area contributed by atoms with Crippen molar-refractivity contribution >= 4 is 22.4 Å². The molecule has 0 bridgehead atoms. The van der Waals surface area contributed by atoms with Crippen molar-refractivity contribution < 1.29 is 9.53 Å². The van der Waals surface area contributed by atoms with E-state index < -0.39 is 0 Å². The van der Waals surface area contributed by atoms with E-state index in [9.17, 15) is 4.79 Å². The van der Waals surface area contributed by atoms with Crippen LogP contribution in [0.1, 0.15) is 12.8 Å². The van der Waals surface area contributed by atoms with Gasteiger partial charge in [0.15, 0.2) is 0 Å². The van der Waals surface area contributed by atoms with Crippen LogP contribution >= 0.6 is 11.3 Å². The van der Waals surface area contributed by atoms with E-state index in [2.05, 4.69) is 10.3 Å². The molecule has 0 unspecified atom stereocenters. The average molecular weight is 303 g/mol. The van der Waals surface area contributed by atoms with Crippen LogP contribution in [0.4, 0.5) is 9.80 Å². The van der Waals surface area contributed by atoms with Crippen molar-refractivity contribution in [2.45, 2.75) is 18.9 Å². The predicted molar refractivity (Wildman–Crippen MR) is 82.8 cm³/mol. The van der Waals surface area contributed by atoms with Gasteiger partial charge in [-0.15, -0.1) is 11.3 Å². The van der Waals surface area contributed by atoms with E-state index >= 15 is 0 Å². The first kappa shape index (κ1) is 13.9. The summed E-state index contributed by atoms with van der Waals surface area (Å²) in [5.74, 6) is 0.652. The highest BCUT2D eigenvalue weighted by atomic mass is 32.1. The highest BCUT2D eigenvalue weighted by Gasteiger charge is 2.24. The number of pyridine rings is 1. The van der Waals surface area contributed by atoms with Gasteiger partial charge >= 0.3 is 6.03 Å². The lowest BCUT2D eigenvalue weighted by Crippen LogP contribution is -2.43. The number of urea groups is 1. The van der Waals surface area contributed by atoms with Crippen LogP contribution in [0.2, 0.25) is 0 Å². The van der Waals surface area contributed by atoms with Gasteiger partial charge < -0.3 is 9.64 Å². The number of nitrogens with zero attached hydrogens (tertiary/aromatic N) is 2. The van der Waals surface area contributed by atoms with Crippen LogP contribution in [0.25, 0.3) is 0 Å². The fourth-order valence-corrected chi connectivity index (χ4v) is 2.91. The molecule has 5 nitrogen and oxygen atoms in total. The molecule has 21 heavy (non-hydrogen) atoms. The Balaban J connectivity index is 1.47. The fourth-order valence-electron chi connectivity index (χ4n) is 2.30. The third-order valence-electron chi connectivity index (χ3n) is 3.41. The third kappa shape index (κ3) is 3.72. The molecule has 1 saturated heterocycles. The van der Waals surface area contributed by atoms with Crippen molar-refractivity contribution in [3.63, 3.8) is 0 Å². The SMILES string of the molecule is O=C(Nc1cccs1)N1CCC(Oc2ccccn2)CC1. The third-order valence-corrected chi connectivity index (χ3v) is 4.19. The molecule has 1 aliphatic heterocycles. The molecular weight excluding hydrogens is 286 g/mol. The normalized spacial score (nSPS) is 15.7. The Morgan fingerprint density at radius 2 is 2.14 bits per heavy atom. The van der Waals surface area contributed by atoms with Crippen molar-refractivity contribution in [2.24, 2.45) is 0 Å². The summed E-state index contributed by atoms with van der Waals surface area (Å²) < 4.78 is 5.82. The van der Waals surface area contributed by atoms with Gasteiger partial charge in [0.25, 0.3) is 0 Å². The van der Waals surface area contributed by atoms with E-state index in [1.165, 1.54) is 11.3 Å². The molecule has 110 valence electrons. The summed E-state index contributed by atoms with van der Waals surface area (Å²) in [6.45, 7) is 1.41. The molecule has 3 heterocycles. The molecule has 6 heteroatoms. The summed E-state index contributed by atoms with van der Waals surface area (Å²) in [5, 5.41) is 5.74. The second-order valence-electron chi connectivity index (χ2n) is 4.88. The first-order valence-electron chi connectivity index (χ1n) is 6.98. The topological polar surface area (TPSA) is 54.5 Å². The Bertz CT molecular complexity index is 566. The summed E-state index contributed by atoms with van der Waals surface area (Å²) in [4.78, 5) is 18.1. The number of amides is 2. The zero-order chi connectivity index (χ0) is 14.5. The summed E-state index contributed by atoms with van der Waals surface area (Å²) in [6.07, 6.45) is 3.51. The van der Waals surface area contributed by atoms with Crippen molar-refractivity contribution in [2.75, 3.05) is 18.4 Å². The molecule has 2 amide bonds. The van der Waals surface area contributed by atoms with Crippen LogP contribution in [0.5, 0.6) is 5.88 Å². The van der Waals surface area contributed by atoms with E-state index in [4.69, 9.17) is 4.74 Å². The first-order chi connectivity index (χ1) is 10.3. The number of thiophene rings is 1. The van der Waals surface area contributed by atoms with Crippen molar-refractivity contribution in [3.05, 3.63) is 41.9 Å². The minimum atomic E-state index is -0.0336. The number of rotatable bonds is 3. The lowest BCUT2D eigenvalue weighted by molar-refractivity contribution is 0.111. The lowest BCUT2D eigenvalue weighted by atomic mass is 10.1. The molecule has 0 saturated carbocycles. The van der Waals surface area contributed by atoms with Crippen molar-refractivity contribution in [1.82, 2.24) is 9.88 Å². The molecule has 0 radical (unpaired) electrons. The molecule has 0 atom stereocenters. The Kier molecular flexibility index (Phi) is 4.35.